The number of phenols is 1. The highest BCUT2D eigenvalue weighted by atomic mass is 19.1. The number of aliphatic hydroxyl groups is 1. The maximum Gasteiger partial charge on any atom is 0.165 e. The summed E-state index contributed by atoms with van der Waals surface area (Å²) in [6, 6.07) is 10.4. The maximum absolute atomic E-state index is 13.8. The summed E-state index contributed by atoms with van der Waals surface area (Å²) >= 11 is 0. The van der Waals surface area contributed by atoms with Gasteiger partial charge in [0, 0.05) is 36.1 Å². The normalized spacial score (nSPS) is 41.4. The number of hydrogen-bond acceptors (Lipinski definition) is 5. The first-order valence-electron chi connectivity index (χ1n) is 13.7. The Balaban J connectivity index is 1.37. The van der Waals surface area contributed by atoms with Gasteiger partial charge in [0.15, 0.2) is 11.5 Å². The molecular weight excluding hydrogens is 469 g/mol. The van der Waals surface area contributed by atoms with Gasteiger partial charge in [-0.25, -0.2) is 4.39 Å². The van der Waals surface area contributed by atoms with Crippen molar-refractivity contribution in [1.82, 2.24) is 4.90 Å². The molecule has 0 unspecified atom stereocenters. The summed E-state index contributed by atoms with van der Waals surface area (Å²) < 4.78 is 27.1. The molecule has 5 aliphatic carbocycles. The lowest BCUT2D eigenvalue weighted by Gasteiger charge is -2.74. The third kappa shape index (κ3) is 2.42. The smallest absolute Gasteiger partial charge is 0.165 e. The molecule has 0 radical (unpaired) electrons. The summed E-state index contributed by atoms with van der Waals surface area (Å²) in [5.41, 5.74) is 0.869. The fourth-order valence-electron chi connectivity index (χ4n) is 9.55. The minimum absolute atomic E-state index is 0.183. The third-order valence-electron chi connectivity index (χ3n) is 11.3. The number of halogens is 1. The molecule has 2 heterocycles. The van der Waals surface area contributed by atoms with Crippen LogP contribution >= 0.6 is 0 Å². The highest BCUT2D eigenvalue weighted by molar-refractivity contribution is 5.65. The number of rotatable bonds is 5. The number of phenolic OH excluding ortho intramolecular Hbond substituents is 1. The zero-order valence-corrected chi connectivity index (χ0v) is 21.4. The highest BCUT2D eigenvalue weighted by Gasteiger charge is 2.82. The van der Waals surface area contributed by atoms with Crippen molar-refractivity contribution in [3.05, 3.63) is 71.1 Å². The SMILES string of the molecule is CO[C@@]12C=C[C@]3(C[C@@]1(C)[C@@H](O)c1ccc(F)cc1)[C@@H]1Cc4ccc(O)c5c4[C@]3(CCN1CC1CC1)[C@@H]2O5. The maximum atomic E-state index is 13.8. The number of fused-ring (bicyclic) bond motifs is 1. The molecule has 9 rings (SSSR count). The molecular formula is C31H34FNO4. The number of piperidine rings is 1. The van der Waals surface area contributed by atoms with Crippen LogP contribution in [0, 0.1) is 22.6 Å². The van der Waals surface area contributed by atoms with Crippen LogP contribution in [-0.2, 0) is 16.6 Å². The first kappa shape index (κ1) is 22.6. The molecule has 7 atom stereocenters. The summed E-state index contributed by atoms with van der Waals surface area (Å²) in [5.74, 6) is 1.25. The molecule has 4 bridgehead atoms. The molecule has 2 aromatic rings. The van der Waals surface area contributed by atoms with Crippen molar-refractivity contribution in [1.29, 1.82) is 0 Å². The van der Waals surface area contributed by atoms with Crippen LogP contribution in [-0.4, -0.2) is 53.1 Å². The minimum Gasteiger partial charge on any atom is -0.504 e. The van der Waals surface area contributed by atoms with Crippen LogP contribution in [0.4, 0.5) is 4.39 Å². The molecule has 37 heavy (non-hydrogen) atoms. The van der Waals surface area contributed by atoms with Gasteiger partial charge in [-0.05, 0) is 73.9 Å². The zero-order valence-electron chi connectivity index (χ0n) is 21.4. The summed E-state index contributed by atoms with van der Waals surface area (Å²) in [6.07, 6.45) is 8.50. The Hall–Kier alpha value is -2.41. The molecule has 1 saturated heterocycles. The number of nitrogens with zero attached hydrogens (tertiary/aromatic N) is 1. The number of hydrogen-bond donors (Lipinski definition) is 2. The van der Waals surface area contributed by atoms with Gasteiger partial charge in [0.05, 0.1) is 11.5 Å². The van der Waals surface area contributed by atoms with Crippen LogP contribution in [0.25, 0.3) is 0 Å². The first-order chi connectivity index (χ1) is 17.8. The van der Waals surface area contributed by atoms with Crippen LogP contribution in [0.1, 0.15) is 55.4 Å². The zero-order chi connectivity index (χ0) is 25.4. The Morgan fingerprint density at radius 2 is 1.95 bits per heavy atom. The third-order valence-corrected chi connectivity index (χ3v) is 11.3. The Bertz CT molecular complexity index is 1340. The van der Waals surface area contributed by atoms with Crippen molar-refractivity contribution in [2.75, 3.05) is 20.2 Å². The molecule has 2 saturated carbocycles. The molecule has 2 aliphatic heterocycles. The number of methoxy groups -OCH3 is 1. The summed E-state index contributed by atoms with van der Waals surface area (Å²) in [4.78, 5) is 2.72. The monoisotopic (exact) mass is 503 g/mol. The van der Waals surface area contributed by atoms with Crippen molar-refractivity contribution < 1.29 is 24.1 Å². The van der Waals surface area contributed by atoms with Gasteiger partial charge in [-0.1, -0.05) is 37.3 Å². The summed E-state index contributed by atoms with van der Waals surface area (Å²) in [5, 5.41) is 23.1. The van der Waals surface area contributed by atoms with Crippen LogP contribution in [0.3, 0.4) is 0 Å². The van der Waals surface area contributed by atoms with Gasteiger partial charge in [0.25, 0.3) is 0 Å². The molecule has 0 aromatic heterocycles. The van der Waals surface area contributed by atoms with Crippen molar-refractivity contribution in [2.24, 2.45) is 16.7 Å². The lowest BCUT2D eigenvalue weighted by Crippen LogP contribution is -2.81. The Labute approximate surface area is 216 Å². The lowest BCUT2D eigenvalue weighted by molar-refractivity contribution is -0.270. The van der Waals surface area contributed by atoms with E-state index in [1.807, 2.05) is 0 Å². The van der Waals surface area contributed by atoms with Crippen molar-refractivity contribution in [3.63, 3.8) is 0 Å². The van der Waals surface area contributed by atoms with Crippen LogP contribution in [0.5, 0.6) is 11.5 Å². The van der Waals surface area contributed by atoms with E-state index in [0.29, 0.717) is 11.3 Å². The quantitative estimate of drug-likeness (QED) is 0.582. The van der Waals surface area contributed by atoms with E-state index in [1.54, 1.807) is 25.3 Å². The van der Waals surface area contributed by atoms with Crippen molar-refractivity contribution in [2.45, 2.75) is 68.3 Å². The van der Waals surface area contributed by atoms with E-state index in [9.17, 15) is 14.6 Å². The number of aromatic hydroxyl groups is 1. The number of benzene rings is 2. The lowest BCUT2D eigenvalue weighted by atomic mass is 9.33. The summed E-state index contributed by atoms with van der Waals surface area (Å²) in [6.45, 7) is 4.24. The Morgan fingerprint density at radius 1 is 1.16 bits per heavy atom. The second-order valence-corrected chi connectivity index (χ2v) is 12.7. The van der Waals surface area contributed by atoms with E-state index < -0.39 is 17.1 Å². The fourth-order valence-corrected chi connectivity index (χ4v) is 9.55. The molecule has 6 heteroatoms. The van der Waals surface area contributed by atoms with Gasteiger partial charge in [0.2, 0.25) is 0 Å². The molecule has 3 fully saturated rings. The molecule has 194 valence electrons. The largest absolute Gasteiger partial charge is 0.504 e. The van der Waals surface area contributed by atoms with Crippen LogP contribution in [0.15, 0.2) is 48.6 Å². The van der Waals surface area contributed by atoms with Crippen LogP contribution < -0.4 is 4.74 Å². The van der Waals surface area contributed by atoms with Crippen molar-refractivity contribution in [3.8, 4) is 11.5 Å². The van der Waals surface area contributed by atoms with Crippen LogP contribution in [0.2, 0.25) is 0 Å². The van der Waals surface area contributed by atoms with E-state index in [0.717, 1.165) is 38.3 Å². The molecule has 7 aliphatic rings. The van der Waals surface area contributed by atoms with Gasteiger partial charge >= 0.3 is 0 Å². The van der Waals surface area contributed by atoms with E-state index in [2.05, 4.69) is 30.0 Å². The highest BCUT2D eigenvalue weighted by Crippen LogP contribution is 2.78. The Morgan fingerprint density at radius 3 is 2.68 bits per heavy atom. The van der Waals surface area contributed by atoms with E-state index in [4.69, 9.17) is 9.47 Å². The number of likely N-dealkylation sites (tertiary alicyclic amines) is 1. The minimum atomic E-state index is -0.925. The topological polar surface area (TPSA) is 62.2 Å². The van der Waals surface area contributed by atoms with E-state index in [-0.39, 0.29) is 34.5 Å². The van der Waals surface area contributed by atoms with Gasteiger partial charge < -0.3 is 19.7 Å². The summed E-state index contributed by atoms with van der Waals surface area (Å²) in [7, 11) is 1.71. The van der Waals surface area contributed by atoms with Gasteiger partial charge in [-0.15, -0.1) is 0 Å². The van der Waals surface area contributed by atoms with E-state index >= 15 is 0 Å². The van der Waals surface area contributed by atoms with Gasteiger partial charge in [-0.3, -0.25) is 4.90 Å². The van der Waals surface area contributed by atoms with Gasteiger partial charge in [-0.2, -0.15) is 0 Å². The fraction of sp³-hybridized carbons (Fsp3) is 0.548. The van der Waals surface area contributed by atoms with Gasteiger partial charge in [0.1, 0.15) is 17.5 Å². The van der Waals surface area contributed by atoms with E-state index in [1.165, 1.54) is 36.1 Å². The molecule has 2 spiro atoms. The predicted molar refractivity (Wildman–Crippen MR) is 136 cm³/mol. The Kier molecular flexibility index (Phi) is 4.24. The van der Waals surface area contributed by atoms with Crippen molar-refractivity contribution >= 4 is 0 Å². The number of aliphatic hydroxyl groups excluding tert-OH is 1. The predicted octanol–water partition coefficient (Wildman–Crippen LogP) is 4.66. The first-order valence-corrected chi connectivity index (χ1v) is 13.7. The molecule has 2 N–H and O–H groups in total. The molecule has 0 amide bonds. The average Bonchev–Trinajstić information content (AvgIpc) is 3.64. The standard InChI is InChI=1S/C31H34FNO4/c1-28(26(35)19-5-8-21(32)9-6-19)17-29-11-12-31(28,36-2)27-30(29)13-14-33(16-18-3-4-18)23(29)15-20-7-10-22(34)25(37-27)24(20)30/h5-12,18,23,26-27,34-35H,3-4,13-17H2,1-2H3/t23-,26-,27-,28-,29-,30+,31+/m0/s1. The number of ether oxygens (including phenoxy) is 2. The second kappa shape index (κ2) is 6.96. The molecule has 5 nitrogen and oxygen atoms in total. The molecule has 2 aromatic carbocycles. The second-order valence-electron chi connectivity index (χ2n) is 12.7. The average molecular weight is 504 g/mol.